The lowest BCUT2D eigenvalue weighted by Crippen LogP contribution is -2.17. The van der Waals surface area contributed by atoms with Gasteiger partial charge in [-0.1, -0.05) is 24.4 Å². The molecule has 0 spiro atoms. The number of thiol groups is 2. The van der Waals surface area contributed by atoms with Crippen molar-refractivity contribution < 1.29 is 0 Å². The van der Waals surface area contributed by atoms with Crippen LogP contribution in [-0.2, 0) is 0 Å². The van der Waals surface area contributed by atoms with E-state index in [4.69, 9.17) is 0 Å². The van der Waals surface area contributed by atoms with Crippen LogP contribution in [0.4, 0.5) is 0 Å². The third-order valence-electron chi connectivity index (χ3n) is 0.716. The minimum Gasteiger partial charge on any atom is -0.346 e. The van der Waals surface area contributed by atoms with E-state index in [9.17, 15) is 0 Å². The van der Waals surface area contributed by atoms with Gasteiger partial charge in [-0.15, -0.1) is 25.3 Å². The van der Waals surface area contributed by atoms with Crippen molar-refractivity contribution in [3.63, 3.8) is 0 Å². The molecule has 6 heteroatoms. The monoisotopic (exact) mass is 224 g/mol. The Bertz CT molecular complexity index is 199. The summed E-state index contributed by atoms with van der Waals surface area (Å²) in [6.07, 6.45) is 1.66. The zero-order chi connectivity index (χ0) is 8.85. The Balaban J connectivity index is 3.81. The molecule has 0 unspecified atom stereocenters. The van der Waals surface area contributed by atoms with Crippen LogP contribution >= 0.6 is 49.7 Å². The Morgan fingerprint density at radius 1 is 1.27 bits per heavy atom. The van der Waals surface area contributed by atoms with Crippen LogP contribution in [0, 0.1) is 0 Å². The first-order valence-electron chi connectivity index (χ1n) is 2.68. The van der Waals surface area contributed by atoms with Crippen LogP contribution in [0.25, 0.3) is 0 Å². The average Bonchev–Trinajstić information content (AvgIpc) is 1.82. The summed E-state index contributed by atoms with van der Waals surface area (Å²) < 4.78 is 0.835. The lowest BCUT2D eigenvalue weighted by atomic mass is 10.5. The van der Waals surface area contributed by atoms with E-state index in [1.807, 2.05) is 6.92 Å². The van der Waals surface area contributed by atoms with Gasteiger partial charge in [0.2, 0.25) is 0 Å². The molecule has 0 atom stereocenters. The predicted molar refractivity (Wildman–Crippen MR) is 63.2 cm³/mol. The predicted octanol–water partition coefficient (Wildman–Crippen LogP) is 1.46. The second-order valence-corrected chi connectivity index (χ2v) is 4.02. The van der Waals surface area contributed by atoms with Gasteiger partial charge in [0.25, 0.3) is 0 Å². The van der Waals surface area contributed by atoms with Gasteiger partial charge in [-0.3, -0.25) is 0 Å². The average molecular weight is 224 g/mol. The maximum absolute atomic E-state index is 4.68. The molecule has 0 bridgehead atoms. The molecular weight excluding hydrogens is 216 g/mol. The molecule has 0 rings (SSSR count). The summed E-state index contributed by atoms with van der Waals surface area (Å²) in [6, 6.07) is 0. The number of thiocarbonyl (C=S) groups is 2. The van der Waals surface area contributed by atoms with Crippen LogP contribution in [0.5, 0.6) is 0 Å². The fraction of sp³-hybridized carbons (Fsp3) is 0.200. The number of allylic oxidation sites excluding steroid dienone is 1. The molecule has 0 fully saturated rings. The minimum absolute atomic E-state index is 0.413. The molecule has 0 aromatic heterocycles. The van der Waals surface area contributed by atoms with Crippen molar-refractivity contribution in [3.05, 3.63) is 11.9 Å². The SMILES string of the molecule is CC(=CNC(=S)S)NC(=S)S. The molecule has 0 aromatic carbocycles. The normalized spacial score (nSPS) is 10.6. The number of nitrogens with one attached hydrogen (secondary N) is 2. The van der Waals surface area contributed by atoms with E-state index < -0.39 is 0 Å². The minimum atomic E-state index is 0.413. The zero-order valence-corrected chi connectivity index (χ0v) is 9.21. The first kappa shape index (κ1) is 11.2. The molecule has 0 saturated carbocycles. The Labute approximate surface area is 87.6 Å². The molecule has 0 radical (unpaired) electrons. The molecule has 0 saturated heterocycles. The quantitative estimate of drug-likeness (QED) is 0.421. The summed E-state index contributed by atoms with van der Waals surface area (Å²) in [5, 5.41) is 5.53. The molecule has 11 heavy (non-hydrogen) atoms. The van der Waals surface area contributed by atoms with Gasteiger partial charge >= 0.3 is 0 Å². The summed E-state index contributed by atoms with van der Waals surface area (Å²) in [5.74, 6) is 0. The van der Waals surface area contributed by atoms with E-state index in [1.165, 1.54) is 0 Å². The van der Waals surface area contributed by atoms with E-state index in [0.29, 0.717) is 8.64 Å². The Morgan fingerprint density at radius 2 is 1.82 bits per heavy atom. The first-order chi connectivity index (χ1) is 5.02. The molecule has 62 valence electrons. The van der Waals surface area contributed by atoms with Crippen molar-refractivity contribution in [3.8, 4) is 0 Å². The van der Waals surface area contributed by atoms with Crippen LogP contribution in [0.2, 0.25) is 0 Å². The van der Waals surface area contributed by atoms with Gasteiger partial charge in [0.05, 0.1) is 0 Å². The van der Waals surface area contributed by atoms with Crippen LogP contribution in [0.3, 0.4) is 0 Å². The highest BCUT2D eigenvalue weighted by Crippen LogP contribution is 1.88. The van der Waals surface area contributed by atoms with E-state index >= 15 is 0 Å². The van der Waals surface area contributed by atoms with Crippen molar-refractivity contribution >= 4 is 58.3 Å². The van der Waals surface area contributed by atoms with Gasteiger partial charge in [0, 0.05) is 11.9 Å². The van der Waals surface area contributed by atoms with Crippen molar-refractivity contribution in [1.29, 1.82) is 0 Å². The van der Waals surface area contributed by atoms with Crippen molar-refractivity contribution in [2.45, 2.75) is 6.92 Å². The fourth-order valence-electron chi connectivity index (χ4n) is 0.375. The largest absolute Gasteiger partial charge is 0.346 e. The maximum atomic E-state index is 4.68. The highest BCUT2D eigenvalue weighted by molar-refractivity contribution is 8.11. The molecule has 0 aliphatic rings. The summed E-state index contributed by atoms with van der Waals surface area (Å²) in [4.78, 5) is 0. The van der Waals surface area contributed by atoms with E-state index in [0.717, 1.165) is 5.70 Å². The van der Waals surface area contributed by atoms with Crippen LogP contribution in [0.1, 0.15) is 6.92 Å². The molecule has 0 heterocycles. The fourth-order valence-corrected chi connectivity index (χ4v) is 0.836. The number of rotatable bonds is 2. The Hall–Kier alpha value is 0.220. The summed E-state index contributed by atoms with van der Waals surface area (Å²) in [6.45, 7) is 1.83. The standard InChI is InChI=1S/C5H8N2S4/c1-3(7-5(10)11)2-6-4(8)9/h2H,1H3,(H2,6,8,9)(H2,7,10,11). The smallest absolute Gasteiger partial charge is 0.134 e. The van der Waals surface area contributed by atoms with Crippen LogP contribution in [-0.4, -0.2) is 8.64 Å². The van der Waals surface area contributed by atoms with Gasteiger partial charge in [-0.25, -0.2) is 0 Å². The third kappa shape index (κ3) is 8.12. The second kappa shape index (κ2) is 5.82. The van der Waals surface area contributed by atoms with Gasteiger partial charge in [-0.2, -0.15) is 0 Å². The molecule has 0 aliphatic carbocycles. The summed E-state index contributed by atoms with van der Waals surface area (Å²) in [5.41, 5.74) is 0.835. The van der Waals surface area contributed by atoms with Gasteiger partial charge in [0.1, 0.15) is 8.64 Å². The summed E-state index contributed by atoms with van der Waals surface area (Å²) >= 11 is 17.1. The molecular formula is C5H8N2S4. The maximum Gasteiger partial charge on any atom is 0.134 e. The van der Waals surface area contributed by atoms with E-state index in [-0.39, 0.29) is 0 Å². The van der Waals surface area contributed by atoms with Crippen LogP contribution < -0.4 is 10.6 Å². The second-order valence-electron chi connectivity index (χ2n) is 1.71. The highest BCUT2D eigenvalue weighted by atomic mass is 32.1. The third-order valence-corrected chi connectivity index (χ3v) is 1.18. The zero-order valence-electron chi connectivity index (χ0n) is 5.79. The Kier molecular flexibility index (Phi) is 5.93. The Morgan fingerprint density at radius 3 is 2.18 bits per heavy atom. The molecule has 2 N–H and O–H groups in total. The van der Waals surface area contributed by atoms with Gasteiger partial charge in [0.15, 0.2) is 0 Å². The topological polar surface area (TPSA) is 24.1 Å². The van der Waals surface area contributed by atoms with Crippen molar-refractivity contribution in [2.24, 2.45) is 0 Å². The van der Waals surface area contributed by atoms with Gasteiger partial charge < -0.3 is 10.6 Å². The van der Waals surface area contributed by atoms with Crippen LogP contribution in [0.15, 0.2) is 11.9 Å². The summed E-state index contributed by atoms with van der Waals surface area (Å²) in [7, 11) is 0. The van der Waals surface area contributed by atoms with E-state index in [1.54, 1.807) is 6.20 Å². The van der Waals surface area contributed by atoms with Gasteiger partial charge in [-0.05, 0) is 6.92 Å². The lowest BCUT2D eigenvalue weighted by molar-refractivity contribution is 1.11. The van der Waals surface area contributed by atoms with E-state index in [2.05, 4.69) is 60.3 Å². The molecule has 2 nitrogen and oxygen atoms in total. The first-order valence-corrected chi connectivity index (χ1v) is 4.39. The molecule has 0 aromatic rings. The molecule has 0 aliphatic heterocycles. The lowest BCUT2D eigenvalue weighted by Gasteiger charge is -2.02. The number of hydrogen-bond acceptors (Lipinski definition) is 2. The highest BCUT2D eigenvalue weighted by Gasteiger charge is 1.88. The van der Waals surface area contributed by atoms with Crippen molar-refractivity contribution in [1.82, 2.24) is 10.6 Å². The van der Waals surface area contributed by atoms with Crippen molar-refractivity contribution in [2.75, 3.05) is 0 Å². The molecule has 0 amide bonds. The number of hydrogen-bond donors (Lipinski definition) is 4.